The molecule has 1 unspecified atom stereocenters. The van der Waals surface area contributed by atoms with Crippen LogP contribution in [0.5, 0.6) is 0 Å². The normalized spacial score (nSPS) is 13.8. The maximum Gasteiger partial charge on any atom is 0.277 e. The van der Waals surface area contributed by atoms with Gasteiger partial charge in [-0.1, -0.05) is 79.7 Å². The molecule has 0 saturated carbocycles. The number of piperidine rings is 1. The summed E-state index contributed by atoms with van der Waals surface area (Å²) in [5, 5.41) is 6.70. The molecule has 1 atom stereocenters. The molecule has 1 aliphatic rings. The SMILES string of the molecule is C=CC(c1cccc(CC)c1)P(F)F.C=Cc1ccc(N2CCC(c3ccc(NC)cc3)CC2)cc1Cl.CNC. The van der Waals surface area contributed by atoms with Crippen LogP contribution in [0.15, 0.2) is 86.0 Å². The molecular weight excluding hydrogens is 543 g/mol. The summed E-state index contributed by atoms with van der Waals surface area (Å²) in [6.45, 7) is 11.4. The van der Waals surface area contributed by atoms with Crippen molar-refractivity contribution < 1.29 is 8.39 Å². The van der Waals surface area contributed by atoms with Crippen LogP contribution in [0.2, 0.25) is 5.02 Å². The summed E-state index contributed by atoms with van der Waals surface area (Å²) < 4.78 is 25.2. The molecule has 0 spiro atoms. The standard InChI is InChI=1S/C20H23ClN2.C11H13F2P.C2H7N/c1-3-15-6-9-19(14-20(15)21)23-12-10-17(11-13-23)16-4-7-18(22-2)8-5-16;1-3-9-6-5-7-10(8-9)11(4-2)14(12)13;1-3-2/h3-9,14,17,22H,1,10-13H2,2H3;4-8,11H,2-3H2,1H3;3H,1-2H3. The lowest BCUT2D eigenvalue weighted by Crippen LogP contribution is -2.32. The zero-order chi connectivity index (χ0) is 29.5. The maximum atomic E-state index is 12.6. The van der Waals surface area contributed by atoms with Gasteiger partial charge in [-0.3, -0.25) is 0 Å². The first-order chi connectivity index (χ1) is 19.3. The van der Waals surface area contributed by atoms with E-state index in [1.807, 2.05) is 52.3 Å². The lowest BCUT2D eigenvalue weighted by molar-refractivity contribution is 0.505. The summed E-state index contributed by atoms with van der Waals surface area (Å²) in [5.74, 6) is 0.653. The lowest BCUT2D eigenvalue weighted by Gasteiger charge is -2.34. The van der Waals surface area contributed by atoms with Crippen molar-refractivity contribution >= 4 is 37.6 Å². The Bertz CT molecular complexity index is 1180. The third kappa shape index (κ3) is 10.0. The first-order valence-corrected chi connectivity index (χ1v) is 15.2. The minimum atomic E-state index is -2.98. The van der Waals surface area contributed by atoms with Gasteiger partial charge in [0.2, 0.25) is 0 Å². The Hall–Kier alpha value is -2.72. The van der Waals surface area contributed by atoms with Crippen molar-refractivity contribution in [1.82, 2.24) is 5.32 Å². The molecule has 1 aliphatic heterocycles. The largest absolute Gasteiger partial charge is 0.388 e. The number of nitrogens with one attached hydrogen (secondary N) is 2. The van der Waals surface area contributed by atoms with Crippen LogP contribution in [-0.2, 0) is 6.42 Å². The van der Waals surface area contributed by atoms with E-state index in [1.54, 1.807) is 12.1 Å². The zero-order valence-electron chi connectivity index (χ0n) is 24.1. The van der Waals surface area contributed by atoms with Crippen molar-refractivity contribution in [2.24, 2.45) is 0 Å². The highest BCUT2D eigenvalue weighted by Crippen LogP contribution is 2.54. The minimum Gasteiger partial charge on any atom is -0.388 e. The van der Waals surface area contributed by atoms with Crippen molar-refractivity contribution in [2.75, 3.05) is 44.4 Å². The highest BCUT2D eigenvalue weighted by molar-refractivity contribution is 7.47. The van der Waals surface area contributed by atoms with E-state index < -0.39 is 14.2 Å². The Morgan fingerprint density at radius 1 is 1.00 bits per heavy atom. The molecule has 0 bridgehead atoms. The fourth-order valence-corrected chi connectivity index (χ4v) is 5.39. The first-order valence-electron chi connectivity index (χ1n) is 13.7. The Labute approximate surface area is 246 Å². The number of nitrogens with zero attached hydrogens (tertiary/aromatic N) is 1. The lowest BCUT2D eigenvalue weighted by atomic mass is 9.89. The number of hydrogen-bond donors (Lipinski definition) is 2. The van der Waals surface area contributed by atoms with E-state index in [9.17, 15) is 8.39 Å². The van der Waals surface area contributed by atoms with Crippen LogP contribution in [-0.4, -0.2) is 34.2 Å². The van der Waals surface area contributed by atoms with Crippen molar-refractivity contribution in [1.29, 1.82) is 0 Å². The molecule has 3 aromatic rings. The first kappa shape index (κ1) is 33.5. The number of hydrogen-bond acceptors (Lipinski definition) is 3. The summed E-state index contributed by atoms with van der Waals surface area (Å²) in [5.41, 5.74) is 5.81. The van der Waals surface area contributed by atoms with Gasteiger partial charge in [0, 0.05) is 36.5 Å². The number of anilines is 2. The summed E-state index contributed by atoms with van der Waals surface area (Å²) in [6.07, 6.45) is 6.36. The monoisotopic (exact) mass is 585 g/mol. The molecule has 216 valence electrons. The van der Waals surface area contributed by atoms with Crippen LogP contribution in [0.4, 0.5) is 19.8 Å². The molecule has 0 aromatic heterocycles. The molecule has 3 aromatic carbocycles. The molecule has 7 heteroatoms. The van der Waals surface area contributed by atoms with Gasteiger partial charge < -0.3 is 15.5 Å². The van der Waals surface area contributed by atoms with E-state index in [0.717, 1.165) is 35.7 Å². The van der Waals surface area contributed by atoms with Gasteiger partial charge in [0.25, 0.3) is 8.54 Å². The van der Waals surface area contributed by atoms with E-state index in [1.165, 1.54) is 35.9 Å². The fourth-order valence-electron chi connectivity index (χ4n) is 4.60. The number of rotatable bonds is 8. The zero-order valence-corrected chi connectivity index (χ0v) is 25.8. The van der Waals surface area contributed by atoms with Crippen LogP contribution < -0.4 is 15.5 Å². The van der Waals surface area contributed by atoms with Crippen LogP contribution >= 0.6 is 20.1 Å². The van der Waals surface area contributed by atoms with Gasteiger partial charge in [0.15, 0.2) is 0 Å². The van der Waals surface area contributed by atoms with Crippen LogP contribution in [0.25, 0.3) is 6.08 Å². The average Bonchev–Trinajstić information content (AvgIpc) is 2.98. The maximum absolute atomic E-state index is 12.6. The summed E-state index contributed by atoms with van der Waals surface area (Å²) >= 11 is 6.30. The third-order valence-electron chi connectivity index (χ3n) is 6.87. The van der Waals surface area contributed by atoms with E-state index in [2.05, 4.69) is 65.1 Å². The second kappa shape index (κ2) is 17.9. The molecule has 0 amide bonds. The van der Waals surface area contributed by atoms with Crippen molar-refractivity contribution in [2.45, 2.75) is 37.8 Å². The number of benzene rings is 3. The van der Waals surface area contributed by atoms with E-state index in [4.69, 9.17) is 11.6 Å². The number of halogens is 3. The molecule has 4 rings (SSSR count). The second-order valence-electron chi connectivity index (χ2n) is 9.58. The molecule has 0 aliphatic carbocycles. The molecular formula is C33H43ClF2N3P. The van der Waals surface area contributed by atoms with Gasteiger partial charge in [0.05, 0.1) is 5.66 Å². The predicted molar refractivity (Wildman–Crippen MR) is 175 cm³/mol. The van der Waals surface area contributed by atoms with Crippen molar-refractivity contribution in [3.8, 4) is 0 Å². The van der Waals surface area contributed by atoms with Crippen LogP contribution in [0, 0.1) is 0 Å². The molecule has 1 fully saturated rings. The molecule has 3 nitrogen and oxygen atoms in total. The number of aryl methyl sites for hydroxylation is 1. The van der Waals surface area contributed by atoms with Gasteiger partial charge in [-0.25, -0.2) is 0 Å². The van der Waals surface area contributed by atoms with Crippen LogP contribution in [0.3, 0.4) is 0 Å². The highest BCUT2D eigenvalue weighted by atomic mass is 35.5. The quantitative estimate of drug-likeness (QED) is 0.203. The average molecular weight is 586 g/mol. The Kier molecular flexibility index (Phi) is 15.0. The van der Waals surface area contributed by atoms with Crippen molar-refractivity contribution in [3.63, 3.8) is 0 Å². The fraction of sp³-hybridized carbons (Fsp3) is 0.333. The van der Waals surface area contributed by atoms with Crippen molar-refractivity contribution in [3.05, 3.63) is 113 Å². The van der Waals surface area contributed by atoms with Gasteiger partial charge in [0.1, 0.15) is 0 Å². The Balaban J connectivity index is 0.000000282. The Morgan fingerprint density at radius 3 is 2.15 bits per heavy atom. The Morgan fingerprint density at radius 2 is 1.65 bits per heavy atom. The van der Waals surface area contributed by atoms with E-state index in [0.29, 0.717) is 11.5 Å². The molecule has 0 radical (unpaired) electrons. The van der Waals surface area contributed by atoms with Gasteiger partial charge in [-0.2, -0.15) is 8.39 Å². The summed E-state index contributed by atoms with van der Waals surface area (Å²) in [7, 11) is 2.73. The molecule has 2 N–H and O–H groups in total. The highest BCUT2D eigenvalue weighted by Gasteiger charge is 2.21. The minimum absolute atomic E-state index is 0.653. The van der Waals surface area contributed by atoms with Crippen LogP contribution in [0.1, 0.15) is 53.6 Å². The third-order valence-corrected chi connectivity index (χ3v) is 8.13. The van der Waals surface area contributed by atoms with E-state index >= 15 is 0 Å². The predicted octanol–water partition coefficient (Wildman–Crippen LogP) is 9.97. The van der Waals surface area contributed by atoms with Gasteiger partial charge in [-0.15, -0.1) is 6.58 Å². The summed E-state index contributed by atoms with van der Waals surface area (Å²) in [6, 6.07) is 22.4. The molecule has 1 heterocycles. The van der Waals surface area contributed by atoms with E-state index in [-0.39, 0.29) is 0 Å². The van der Waals surface area contributed by atoms with Gasteiger partial charge >= 0.3 is 0 Å². The second-order valence-corrected chi connectivity index (χ2v) is 11.1. The molecule has 1 saturated heterocycles. The topological polar surface area (TPSA) is 27.3 Å². The summed E-state index contributed by atoms with van der Waals surface area (Å²) in [4.78, 5) is 2.43. The number of allylic oxidation sites excluding steroid dienone is 1. The van der Waals surface area contributed by atoms with Gasteiger partial charge in [-0.05, 0) is 85.8 Å². The smallest absolute Gasteiger partial charge is 0.277 e. The molecule has 40 heavy (non-hydrogen) atoms.